The second-order valence-corrected chi connectivity index (χ2v) is 16.1. The third-order valence-corrected chi connectivity index (χ3v) is 10.6. The first-order valence-corrected chi connectivity index (χ1v) is 21.0. The number of hydrogen-bond acceptors (Lipinski definition) is 16. The van der Waals surface area contributed by atoms with Crippen molar-refractivity contribution in [3.05, 3.63) is 0 Å². The van der Waals surface area contributed by atoms with Gasteiger partial charge in [0.05, 0.1) is 65.6 Å². The number of thiol groups is 1. The van der Waals surface area contributed by atoms with Gasteiger partial charge in [-0.3, -0.25) is 28.5 Å². The van der Waals surface area contributed by atoms with Crippen LogP contribution in [0, 0.1) is 5.92 Å². The van der Waals surface area contributed by atoms with E-state index in [0.717, 1.165) is 0 Å². The van der Waals surface area contributed by atoms with Crippen LogP contribution in [0.3, 0.4) is 0 Å². The second kappa shape index (κ2) is 30.7. The Hall–Kier alpha value is -2.47. The Morgan fingerprint density at radius 2 is 1.09 bits per heavy atom. The van der Waals surface area contributed by atoms with Crippen molar-refractivity contribution in [1.29, 1.82) is 0 Å². The van der Waals surface area contributed by atoms with Gasteiger partial charge in [-0.15, -0.1) is 0 Å². The molecule has 0 saturated heterocycles. The van der Waals surface area contributed by atoms with E-state index in [0.29, 0.717) is 25.7 Å². The molecule has 1 fully saturated rings. The fourth-order valence-electron chi connectivity index (χ4n) is 5.10. The maximum atomic E-state index is 13.3. The SMILES string of the molecule is CCP(=O)(S)O[C@H]1CC[C@@H](C(=O)NC(CCC(=O)NC(CCC(=O)NCCOCCON)C(=O)NCCOCCON)C(=O)NCCOCCON)CC1. The van der Waals surface area contributed by atoms with E-state index in [9.17, 15) is 28.5 Å². The van der Waals surface area contributed by atoms with Crippen LogP contribution in [0.2, 0.25) is 0 Å². The standard InChI is InChI=1S/C31H61N8O13PS/c1-2-53(45,54)52-24-5-3-23(4-6-24)29(42)39-26(31(44)37-13-16-48-19-22-51-34)8-10-28(41)38-25(30(43)36-12-15-47-18-21-50-33)7-9-27(40)35-11-14-46-17-20-49-32/h23-26H,2-22,32-34H2,1H3,(H,35,40)(H,36,43)(H,37,44)(H,38,41)(H,39,42)(H,45,54)/t23-,24+,25?,26?,53?. The van der Waals surface area contributed by atoms with E-state index in [4.69, 9.17) is 36.4 Å². The molecular formula is C31H61N8O13PS. The average Bonchev–Trinajstić information content (AvgIpc) is 3.15. The van der Waals surface area contributed by atoms with E-state index in [-0.39, 0.29) is 129 Å². The molecule has 21 nitrogen and oxygen atoms in total. The predicted molar refractivity (Wildman–Crippen MR) is 198 cm³/mol. The van der Waals surface area contributed by atoms with Gasteiger partial charge < -0.3 is 59.8 Å². The number of nitrogens with one attached hydrogen (secondary N) is 5. The molecule has 0 aromatic rings. The van der Waals surface area contributed by atoms with Crippen molar-refractivity contribution in [1.82, 2.24) is 26.6 Å². The van der Waals surface area contributed by atoms with Crippen molar-refractivity contribution in [2.24, 2.45) is 23.6 Å². The van der Waals surface area contributed by atoms with Crippen molar-refractivity contribution >= 4 is 48.4 Å². The fourth-order valence-corrected chi connectivity index (χ4v) is 6.33. The van der Waals surface area contributed by atoms with Crippen LogP contribution in [-0.2, 0) is 61.8 Å². The fraction of sp³-hybridized carbons (Fsp3) is 0.839. The van der Waals surface area contributed by atoms with E-state index in [1.54, 1.807) is 6.92 Å². The minimum Gasteiger partial charge on any atom is -0.377 e. The number of rotatable bonds is 32. The first-order valence-electron chi connectivity index (χ1n) is 18.1. The summed E-state index contributed by atoms with van der Waals surface area (Å²) in [5.41, 5.74) is 0. The van der Waals surface area contributed by atoms with Crippen LogP contribution >= 0.6 is 18.8 Å². The van der Waals surface area contributed by atoms with E-state index in [1.165, 1.54) is 0 Å². The van der Waals surface area contributed by atoms with Gasteiger partial charge >= 0.3 is 0 Å². The number of carbonyl (C=O) groups is 5. The van der Waals surface area contributed by atoms with Crippen LogP contribution in [0.15, 0.2) is 0 Å². The molecule has 0 spiro atoms. The average molecular weight is 817 g/mol. The highest BCUT2D eigenvalue weighted by atomic mass is 32.7. The summed E-state index contributed by atoms with van der Waals surface area (Å²) in [6.45, 7) is 0.927. The maximum absolute atomic E-state index is 13.3. The Morgan fingerprint density at radius 1 is 0.648 bits per heavy atom. The van der Waals surface area contributed by atoms with Gasteiger partial charge in [-0.1, -0.05) is 19.2 Å². The second-order valence-electron chi connectivity index (χ2n) is 12.2. The molecule has 0 aromatic carbocycles. The summed E-state index contributed by atoms with van der Waals surface area (Å²) < 4.78 is 33.8. The van der Waals surface area contributed by atoms with Crippen molar-refractivity contribution in [3.8, 4) is 0 Å². The van der Waals surface area contributed by atoms with Crippen molar-refractivity contribution < 1.29 is 61.8 Å². The molecule has 11 N–H and O–H groups in total. The van der Waals surface area contributed by atoms with Crippen LogP contribution in [0.5, 0.6) is 0 Å². The first-order chi connectivity index (χ1) is 26.0. The van der Waals surface area contributed by atoms with Crippen LogP contribution in [0.25, 0.3) is 0 Å². The van der Waals surface area contributed by atoms with Crippen molar-refractivity contribution in [2.75, 3.05) is 85.3 Å². The molecule has 3 unspecified atom stereocenters. The smallest absolute Gasteiger partial charge is 0.254 e. The van der Waals surface area contributed by atoms with E-state index >= 15 is 0 Å². The molecule has 1 saturated carbocycles. The molecule has 54 heavy (non-hydrogen) atoms. The quantitative estimate of drug-likeness (QED) is 0.0158. The summed E-state index contributed by atoms with van der Waals surface area (Å²) in [5.74, 6) is 12.1. The number of nitrogens with two attached hydrogens (primary N) is 3. The van der Waals surface area contributed by atoms with Crippen LogP contribution in [-0.4, -0.2) is 133 Å². The van der Waals surface area contributed by atoms with Crippen molar-refractivity contribution in [2.45, 2.75) is 76.5 Å². The molecule has 314 valence electrons. The molecule has 0 radical (unpaired) electrons. The summed E-state index contributed by atoms with van der Waals surface area (Å²) in [6, 6.07) is -2.18. The van der Waals surface area contributed by atoms with Gasteiger partial charge in [0.1, 0.15) is 12.1 Å². The minimum atomic E-state index is -3.00. The lowest BCUT2D eigenvalue weighted by molar-refractivity contribution is -0.133. The van der Waals surface area contributed by atoms with E-state index in [1.807, 2.05) is 0 Å². The predicted octanol–water partition coefficient (Wildman–Crippen LogP) is -1.70. The third-order valence-electron chi connectivity index (χ3n) is 8.06. The molecule has 3 atom stereocenters. The monoisotopic (exact) mass is 816 g/mol. The third kappa shape index (κ3) is 24.1. The van der Waals surface area contributed by atoms with Gasteiger partial charge in [0.15, 0.2) is 0 Å². The summed E-state index contributed by atoms with van der Waals surface area (Å²) in [7, 11) is 0. The summed E-state index contributed by atoms with van der Waals surface area (Å²) in [6.07, 6.45) is 1.46. The van der Waals surface area contributed by atoms with Gasteiger partial charge in [-0.2, -0.15) is 0 Å². The molecule has 0 aromatic heterocycles. The lowest BCUT2D eigenvalue weighted by atomic mass is 9.86. The van der Waals surface area contributed by atoms with Gasteiger partial charge in [-0.25, -0.2) is 17.7 Å². The Labute approximate surface area is 321 Å². The van der Waals surface area contributed by atoms with Gasteiger partial charge in [0, 0.05) is 44.6 Å². The first kappa shape index (κ1) is 49.5. The largest absolute Gasteiger partial charge is 0.377 e. The molecule has 0 bridgehead atoms. The zero-order valence-electron chi connectivity index (χ0n) is 31.1. The van der Waals surface area contributed by atoms with Gasteiger partial charge in [0.25, 0.3) is 6.57 Å². The zero-order valence-corrected chi connectivity index (χ0v) is 32.9. The number of amides is 5. The normalized spacial score (nSPS) is 17.8. The molecule has 0 heterocycles. The zero-order chi connectivity index (χ0) is 40.0. The molecule has 5 amide bonds. The summed E-state index contributed by atoms with van der Waals surface area (Å²) in [4.78, 5) is 78.5. The van der Waals surface area contributed by atoms with Gasteiger partial charge in [0.2, 0.25) is 29.5 Å². The van der Waals surface area contributed by atoms with E-state index < -0.39 is 42.3 Å². The highest BCUT2D eigenvalue weighted by Gasteiger charge is 2.32. The van der Waals surface area contributed by atoms with Crippen LogP contribution in [0.4, 0.5) is 0 Å². The Morgan fingerprint density at radius 3 is 1.56 bits per heavy atom. The molecule has 1 aliphatic carbocycles. The number of hydrogen-bond donors (Lipinski definition) is 9. The van der Waals surface area contributed by atoms with Crippen molar-refractivity contribution in [3.63, 3.8) is 0 Å². The summed E-state index contributed by atoms with van der Waals surface area (Å²) in [5, 5.41) is 13.5. The number of ether oxygens (including phenoxy) is 3. The van der Waals surface area contributed by atoms with Crippen LogP contribution in [0.1, 0.15) is 58.3 Å². The topological polar surface area (TPSA) is 305 Å². The van der Waals surface area contributed by atoms with Gasteiger partial charge in [-0.05, 0) is 38.5 Å². The molecule has 23 heteroatoms. The molecule has 1 aliphatic rings. The maximum Gasteiger partial charge on any atom is 0.254 e. The van der Waals surface area contributed by atoms with Crippen LogP contribution < -0.4 is 44.3 Å². The Kier molecular flexibility index (Phi) is 28.2. The molecular weight excluding hydrogens is 755 g/mol. The Balaban J connectivity index is 2.86. The highest BCUT2D eigenvalue weighted by Crippen LogP contribution is 2.53. The van der Waals surface area contributed by atoms with E-state index in [2.05, 4.69) is 53.3 Å². The lowest BCUT2D eigenvalue weighted by Gasteiger charge is -2.30. The lowest BCUT2D eigenvalue weighted by Crippen LogP contribution is -2.51. The highest BCUT2D eigenvalue weighted by molar-refractivity contribution is 8.46. The molecule has 1 rings (SSSR count). The molecule has 0 aliphatic heterocycles. The Bertz CT molecular complexity index is 1140. The minimum absolute atomic E-state index is 0.0314. The number of carbonyl (C=O) groups excluding carboxylic acids is 5. The summed E-state index contributed by atoms with van der Waals surface area (Å²) >= 11 is 4.12.